The molecule has 0 spiro atoms. The maximum atomic E-state index is 11.2. The molecular weight excluding hydrogens is 247 g/mol. The number of halogens is 2. The Morgan fingerprint density at radius 1 is 1.64 bits per heavy atom. The van der Waals surface area contributed by atoms with Crippen LogP contribution in [0.4, 0.5) is 0 Å². The van der Waals surface area contributed by atoms with Crippen molar-refractivity contribution in [1.29, 1.82) is 0 Å². The molecule has 1 heterocycles. The van der Waals surface area contributed by atoms with Gasteiger partial charge in [-0.3, -0.25) is 0 Å². The van der Waals surface area contributed by atoms with Crippen LogP contribution in [0.1, 0.15) is 26.3 Å². The molecule has 0 radical (unpaired) electrons. The van der Waals surface area contributed by atoms with Crippen LogP contribution in [0.25, 0.3) is 0 Å². The predicted molar refractivity (Wildman–Crippen MR) is 55.3 cm³/mol. The van der Waals surface area contributed by atoms with E-state index in [2.05, 4.69) is 5.10 Å². The van der Waals surface area contributed by atoms with Crippen molar-refractivity contribution in [2.75, 3.05) is 0 Å². The lowest BCUT2D eigenvalue weighted by Gasteiger charge is -2.11. The average molecular weight is 257 g/mol. The van der Waals surface area contributed by atoms with Crippen molar-refractivity contribution in [1.82, 2.24) is 9.78 Å². The van der Waals surface area contributed by atoms with Gasteiger partial charge in [-0.15, -0.1) is 0 Å². The number of hydrogen-bond donors (Lipinski definition) is 0. The highest BCUT2D eigenvalue weighted by molar-refractivity contribution is 8.13. The van der Waals surface area contributed by atoms with Crippen molar-refractivity contribution >= 4 is 31.3 Å². The van der Waals surface area contributed by atoms with E-state index in [-0.39, 0.29) is 16.1 Å². The molecule has 7 heteroatoms. The number of aromatic nitrogens is 2. The van der Waals surface area contributed by atoms with E-state index in [4.69, 9.17) is 22.3 Å². The summed E-state index contributed by atoms with van der Waals surface area (Å²) in [5, 5.41) is 3.80. The first kappa shape index (κ1) is 11.8. The number of nitrogens with zero attached hydrogens (tertiary/aromatic N) is 2. The van der Waals surface area contributed by atoms with Crippen LogP contribution < -0.4 is 0 Å². The van der Waals surface area contributed by atoms with Crippen LogP contribution >= 0.6 is 22.3 Å². The molecule has 1 aromatic rings. The van der Waals surface area contributed by atoms with Gasteiger partial charge in [-0.05, 0) is 13.3 Å². The lowest BCUT2D eigenvalue weighted by Crippen LogP contribution is -2.11. The fraction of sp³-hybridized carbons (Fsp3) is 0.571. The third-order valence-corrected chi connectivity index (χ3v) is 3.64. The molecular formula is C7H10Cl2N2O2S. The molecule has 0 aliphatic heterocycles. The second kappa shape index (κ2) is 4.08. The van der Waals surface area contributed by atoms with Gasteiger partial charge in [0.05, 0.1) is 17.3 Å². The second-order valence-corrected chi connectivity index (χ2v) is 5.83. The predicted octanol–water partition coefficient (Wildman–Crippen LogP) is 2.44. The second-order valence-electron chi connectivity index (χ2n) is 2.94. The fourth-order valence-corrected chi connectivity index (χ4v) is 2.80. The number of hydrogen-bond acceptors (Lipinski definition) is 3. The molecule has 0 bridgehead atoms. The monoisotopic (exact) mass is 256 g/mol. The van der Waals surface area contributed by atoms with Crippen LogP contribution in [0, 0.1) is 0 Å². The Balaban J connectivity index is 3.34. The summed E-state index contributed by atoms with van der Waals surface area (Å²) in [6, 6.07) is -0.0500. The summed E-state index contributed by atoms with van der Waals surface area (Å²) in [5.74, 6) is 0. The van der Waals surface area contributed by atoms with Gasteiger partial charge in [-0.1, -0.05) is 18.5 Å². The van der Waals surface area contributed by atoms with Crippen LogP contribution in [0.15, 0.2) is 11.2 Å². The van der Waals surface area contributed by atoms with Gasteiger partial charge in [0.25, 0.3) is 9.05 Å². The SMILES string of the molecule is CC[C@@H](C)n1ncc(Cl)c1S(=O)(=O)Cl. The van der Waals surface area contributed by atoms with Crippen molar-refractivity contribution in [2.24, 2.45) is 0 Å². The molecule has 4 nitrogen and oxygen atoms in total. The first-order valence-corrected chi connectivity index (χ1v) is 6.74. The minimum absolute atomic E-state index is 0.0500. The molecule has 1 rings (SSSR count). The Morgan fingerprint density at radius 3 is 2.64 bits per heavy atom. The van der Waals surface area contributed by atoms with Crippen molar-refractivity contribution in [2.45, 2.75) is 31.3 Å². The molecule has 0 aromatic carbocycles. The van der Waals surface area contributed by atoms with Crippen molar-refractivity contribution < 1.29 is 8.42 Å². The Kier molecular flexibility index (Phi) is 3.44. The lowest BCUT2D eigenvalue weighted by molar-refractivity contribution is 0.438. The first-order chi connectivity index (χ1) is 6.38. The summed E-state index contributed by atoms with van der Waals surface area (Å²) < 4.78 is 23.7. The van der Waals surface area contributed by atoms with Crippen molar-refractivity contribution in [3.8, 4) is 0 Å². The van der Waals surface area contributed by atoms with Gasteiger partial charge < -0.3 is 0 Å². The summed E-state index contributed by atoms with van der Waals surface area (Å²) >= 11 is 5.68. The summed E-state index contributed by atoms with van der Waals surface area (Å²) in [4.78, 5) is 0. The zero-order valence-corrected chi connectivity index (χ0v) is 10.1. The molecule has 0 fully saturated rings. The smallest absolute Gasteiger partial charge is 0.249 e. The van der Waals surface area contributed by atoms with Crippen LogP contribution in [0.3, 0.4) is 0 Å². The van der Waals surface area contributed by atoms with E-state index in [1.54, 1.807) is 0 Å². The molecule has 80 valence electrons. The van der Waals surface area contributed by atoms with Gasteiger partial charge in [-0.25, -0.2) is 13.1 Å². The summed E-state index contributed by atoms with van der Waals surface area (Å²) in [7, 11) is 1.40. The third kappa shape index (κ3) is 2.21. The summed E-state index contributed by atoms with van der Waals surface area (Å²) in [6.07, 6.45) is 2.03. The zero-order valence-electron chi connectivity index (χ0n) is 7.74. The maximum absolute atomic E-state index is 11.2. The molecule has 0 unspecified atom stereocenters. The van der Waals surface area contributed by atoms with Gasteiger partial charge >= 0.3 is 0 Å². The quantitative estimate of drug-likeness (QED) is 0.781. The van der Waals surface area contributed by atoms with Crippen molar-refractivity contribution in [3.63, 3.8) is 0 Å². The molecule has 0 saturated carbocycles. The average Bonchev–Trinajstić information content (AvgIpc) is 2.44. The van der Waals surface area contributed by atoms with Crippen LogP contribution in [0.2, 0.25) is 5.02 Å². The van der Waals surface area contributed by atoms with Gasteiger partial charge in [0.1, 0.15) is 0 Å². The van der Waals surface area contributed by atoms with E-state index in [1.807, 2.05) is 13.8 Å². The van der Waals surface area contributed by atoms with E-state index in [1.165, 1.54) is 10.9 Å². The highest BCUT2D eigenvalue weighted by atomic mass is 35.7. The molecule has 0 aliphatic carbocycles. The highest BCUT2D eigenvalue weighted by Crippen LogP contribution is 2.27. The fourth-order valence-electron chi connectivity index (χ4n) is 1.05. The minimum atomic E-state index is -3.84. The molecule has 0 amide bonds. The van der Waals surface area contributed by atoms with E-state index >= 15 is 0 Å². The molecule has 1 atom stereocenters. The normalized spacial score (nSPS) is 14.3. The molecule has 0 N–H and O–H groups in total. The van der Waals surface area contributed by atoms with Crippen LogP contribution in [-0.4, -0.2) is 18.2 Å². The van der Waals surface area contributed by atoms with Crippen LogP contribution in [-0.2, 0) is 9.05 Å². The minimum Gasteiger partial charge on any atom is -0.249 e. The van der Waals surface area contributed by atoms with E-state index < -0.39 is 9.05 Å². The van der Waals surface area contributed by atoms with E-state index in [0.29, 0.717) is 0 Å². The standard InChI is InChI=1S/C7H10Cl2N2O2S/c1-3-5(2)11-7(14(9,12)13)6(8)4-10-11/h4-5H,3H2,1-2H3/t5-/m1/s1. The lowest BCUT2D eigenvalue weighted by atomic mass is 10.3. The highest BCUT2D eigenvalue weighted by Gasteiger charge is 2.23. The van der Waals surface area contributed by atoms with Crippen LogP contribution in [0.5, 0.6) is 0 Å². The third-order valence-electron chi connectivity index (χ3n) is 1.95. The first-order valence-electron chi connectivity index (χ1n) is 4.05. The summed E-state index contributed by atoms with van der Waals surface area (Å²) in [5.41, 5.74) is 0. The topological polar surface area (TPSA) is 52.0 Å². The largest absolute Gasteiger partial charge is 0.279 e. The Morgan fingerprint density at radius 2 is 2.21 bits per heavy atom. The summed E-state index contributed by atoms with van der Waals surface area (Å²) in [6.45, 7) is 3.76. The number of rotatable bonds is 3. The van der Waals surface area contributed by atoms with E-state index in [9.17, 15) is 8.42 Å². The maximum Gasteiger partial charge on any atom is 0.279 e. The Bertz CT molecular complexity index is 427. The van der Waals surface area contributed by atoms with Gasteiger partial charge in [0, 0.05) is 10.7 Å². The molecule has 0 aliphatic rings. The Labute approximate surface area is 92.2 Å². The van der Waals surface area contributed by atoms with Gasteiger partial charge in [0.15, 0.2) is 5.03 Å². The molecule has 1 aromatic heterocycles. The van der Waals surface area contributed by atoms with Gasteiger partial charge in [0.2, 0.25) is 0 Å². The van der Waals surface area contributed by atoms with E-state index in [0.717, 1.165) is 6.42 Å². The van der Waals surface area contributed by atoms with Gasteiger partial charge in [-0.2, -0.15) is 5.10 Å². The molecule has 0 saturated heterocycles. The zero-order chi connectivity index (χ0) is 10.9. The molecule has 14 heavy (non-hydrogen) atoms. The van der Waals surface area contributed by atoms with Crippen molar-refractivity contribution in [3.05, 3.63) is 11.2 Å². The Hall–Kier alpha value is -0.260.